The van der Waals surface area contributed by atoms with Crippen molar-refractivity contribution in [2.45, 2.75) is 269 Å². The maximum absolute atomic E-state index is 13.0. The number of carboxylic acid groups (broad SMARTS) is 1. The van der Waals surface area contributed by atoms with Gasteiger partial charge in [-0.1, -0.05) is 118 Å². The molecule has 1 unspecified atom stereocenters. The lowest BCUT2D eigenvalue weighted by molar-refractivity contribution is -0.358. The van der Waals surface area contributed by atoms with Gasteiger partial charge in [0, 0.05) is 104 Å². The van der Waals surface area contributed by atoms with Crippen molar-refractivity contribution in [2.75, 3.05) is 26.2 Å². The summed E-state index contributed by atoms with van der Waals surface area (Å²) in [6.07, 6.45) is 3.68. The molecule has 1 aliphatic carbocycles. The molecule has 0 spiro atoms. The maximum Gasteiger partial charge on any atom is 0.408 e. The van der Waals surface area contributed by atoms with E-state index in [2.05, 4.69) is 32.3 Å². The summed E-state index contributed by atoms with van der Waals surface area (Å²) in [6, 6.07) is 28.1. The van der Waals surface area contributed by atoms with E-state index in [0.29, 0.717) is 105 Å². The second-order valence-electron chi connectivity index (χ2n) is 38.4. The van der Waals surface area contributed by atoms with E-state index >= 15 is 0 Å². The first-order chi connectivity index (χ1) is 60.8. The van der Waals surface area contributed by atoms with Crippen LogP contribution in [0.4, 0.5) is 9.59 Å². The molecule has 33 nitrogen and oxygen atoms in total. The Morgan fingerprint density at radius 3 is 1.13 bits per heavy atom. The van der Waals surface area contributed by atoms with E-state index in [-0.39, 0.29) is 83.4 Å². The van der Waals surface area contributed by atoms with Crippen LogP contribution in [0.3, 0.4) is 0 Å². The highest BCUT2D eigenvalue weighted by Crippen LogP contribution is 2.54. The number of fused-ring (bicyclic) bond motifs is 11. The molecule has 1 atom stereocenters. The standard InChI is InChI=1S/C33H45N3O8.C24H29NO7.C19H21NO5.C15H14O3.C7H13NO4.ClH/c1-19(37)42-28-22-16-17-33(8,9)44-26(22)20-12-10-11-13-21(20)27(28)43-25(39)18-34-24(38)15-14-23(29(40)36-32(5,6)7)35-30(41)31(2,3)4;1-14(26)29-21-17-11-12-24(5,6)31-19(17)15-9-7-8-10-16(15)20(21)30-18(27)13-25-22(28)32-23(2,3)4;1-11(21)23-18-14-8-9-19(2,3)25-16(14)12-6-4-5-7-13(12)17(18)24-15(22)10-20;1-15(2)8-7-11-13(17)12(16)9-5-3-4-6-10(9)14(11)18-15;1-7(2,3)12-6(11)8-4-5(9)10;/h10-13,23H,14-18H2,1-9H3,(H,34,38)(H,35,41)(H,36,40);7-10H,11-13H2,1-6H3,(H,25,28);4-7H,8-10,20H2,1-3H3;3-6H,7-8H2,1-2H3;4H2,1-3H3,(H,8,11)(H,9,10);1H. The first-order valence-electron chi connectivity index (χ1n) is 43.2. The number of halogens is 1. The first-order valence-corrected chi connectivity index (χ1v) is 43.2. The quantitative estimate of drug-likeness (QED) is 0.0238. The smallest absolute Gasteiger partial charge is 0.408 e. The Kier molecular flexibility index (Phi) is 34.9. The number of esters is 6. The fraction of sp³-hybridized carbons (Fsp3) is 0.469. The average molecular weight is 1850 g/mol. The van der Waals surface area contributed by atoms with Crippen molar-refractivity contribution < 1.29 is 147 Å². The third kappa shape index (κ3) is 29.8. The molecule has 4 aliphatic heterocycles. The lowest BCUT2D eigenvalue weighted by atomic mass is 9.82. The number of ether oxygens (including phenoxy) is 12. The summed E-state index contributed by atoms with van der Waals surface area (Å²) in [4.78, 5) is 168. The number of nitrogens with one attached hydrogen (secondary N) is 5. The predicted octanol–water partition coefficient (Wildman–Crippen LogP) is 10.8. The highest BCUT2D eigenvalue weighted by molar-refractivity contribution is 6.52. The molecule has 0 bridgehead atoms. The summed E-state index contributed by atoms with van der Waals surface area (Å²) in [5.41, 5.74) is 3.35. The number of benzene rings is 7. The number of Topliss-reactive ketones (excluding diaryl/α,β-unsaturated/α-hetero) is 2. The molecule has 0 saturated heterocycles. The highest BCUT2D eigenvalue weighted by atomic mass is 35.5. The fourth-order valence-corrected chi connectivity index (χ4v) is 14.1. The van der Waals surface area contributed by atoms with E-state index in [1.807, 2.05) is 137 Å². The van der Waals surface area contributed by atoms with E-state index in [1.165, 1.54) is 20.8 Å². The number of hydrogen-bond acceptors (Lipinski definition) is 26. The molecule has 0 aromatic heterocycles. The van der Waals surface area contributed by atoms with Gasteiger partial charge >= 0.3 is 54.0 Å². The van der Waals surface area contributed by atoms with Crippen LogP contribution in [-0.2, 0) is 86.2 Å². The SMILES string of the molecule is CC(=O)Oc1c2c(c3ccccc3c1OC(=O)CNC(=O)CCC(NC(=O)C(C)(C)C)C(=O)NC(C)(C)C)OC(C)(C)CC2.CC(=O)Oc1c2c(c3ccccc3c1OC(=O)CNC(=O)OC(C)(C)C)OC(C)(C)CC2.CC(=O)Oc1c2c(c3ccccc3c1OC(=O)C[NH3+])OC(C)(C)CC2.CC(C)(C)OC(=O)NCC(=O)O.CC1(C)CCC2=C(O1)c1ccccc1C(=O)C2=O.[Cl-]. The van der Waals surface area contributed by atoms with E-state index in [4.69, 9.17) is 61.9 Å². The number of hydrogen-bond donors (Lipinski definition) is 7. The van der Waals surface area contributed by atoms with Crippen molar-refractivity contribution in [1.82, 2.24) is 26.6 Å². The molecule has 714 valence electrons. The number of quaternary nitrogens is 1. The minimum atomic E-state index is -1.10. The summed E-state index contributed by atoms with van der Waals surface area (Å²) in [6.45, 7) is 39.4. The second-order valence-corrected chi connectivity index (χ2v) is 38.4. The number of carbonyl (C=O) groups excluding carboxylic acids is 13. The van der Waals surface area contributed by atoms with Crippen LogP contribution in [0.15, 0.2) is 103 Å². The Balaban J connectivity index is 0.000000238. The Morgan fingerprint density at radius 2 is 0.773 bits per heavy atom. The van der Waals surface area contributed by atoms with Crippen molar-refractivity contribution in [3.8, 4) is 51.7 Å². The molecular formula is C98H123ClN6O27. The molecule has 0 saturated carbocycles. The molecule has 0 fully saturated rings. The summed E-state index contributed by atoms with van der Waals surface area (Å²) >= 11 is 0. The summed E-state index contributed by atoms with van der Waals surface area (Å²) in [5.74, 6) is -3.32. The summed E-state index contributed by atoms with van der Waals surface area (Å²) < 4.78 is 67.9. The van der Waals surface area contributed by atoms with E-state index in [0.717, 1.165) is 34.7 Å². The Bertz CT molecular complexity index is 5640. The van der Waals surface area contributed by atoms with Crippen LogP contribution < -0.4 is 87.4 Å². The van der Waals surface area contributed by atoms with E-state index in [9.17, 15) is 67.1 Å². The minimum absolute atomic E-state index is 0. The number of amides is 5. The monoisotopic (exact) mass is 1850 g/mol. The van der Waals surface area contributed by atoms with Gasteiger partial charge in [0.1, 0.15) is 82.3 Å². The van der Waals surface area contributed by atoms with Crippen molar-refractivity contribution in [1.29, 1.82) is 0 Å². The number of alkyl carbamates (subject to hydrolysis) is 2. The fourth-order valence-electron chi connectivity index (χ4n) is 14.1. The highest BCUT2D eigenvalue weighted by Gasteiger charge is 2.42. The van der Waals surface area contributed by atoms with Crippen LogP contribution in [-0.4, -0.2) is 160 Å². The number of allylic oxidation sites excluding steroid dienone is 1. The molecule has 4 heterocycles. The molecule has 5 aliphatic rings. The van der Waals surface area contributed by atoms with E-state index < -0.39 is 136 Å². The van der Waals surface area contributed by atoms with Gasteiger partial charge < -0.3 is 107 Å². The van der Waals surface area contributed by atoms with Crippen molar-refractivity contribution >= 4 is 121 Å². The van der Waals surface area contributed by atoms with Gasteiger partial charge in [-0.15, -0.1) is 0 Å². The number of ketones is 2. The second kappa shape index (κ2) is 43.4. The number of carbonyl (C=O) groups is 14. The van der Waals surface area contributed by atoms with Gasteiger partial charge in [0.05, 0.1) is 0 Å². The topological polar surface area (TPSA) is 458 Å². The lowest BCUT2D eigenvalue weighted by Gasteiger charge is -2.36. The lowest BCUT2D eigenvalue weighted by Crippen LogP contribution is -3.00. The van der Waals surface area contributed by atoms with Crippen LogP contribution >= 0.6 is 0 Å². The molecule has 0 radical (unpaired) electrons. The molecule has 12 rings (SSSR count). The van der Waals surface area contributed by atoms with Crippen LogP contribution in [0.2, 0.25) is 0 Å². The molecule has 7 aromatic rings. The largest absolute Gasteiger partial charge is 1.00 e. The van der Waals surface area contributed by atoms with Gasteiger partial charge in [-0.3, -0.25) is 43.2 Å². The maximum atomic E-state index is 13.0. The molecule has 9 N–H and O–H groups in total. The summed E-state index contributed by atoms with van der Waals surface area (Å²) in [7, 11) is 0. The van der Waals surface area contributed by atoms with Crippen LogP contribution in [0, 0.1) is 5.41 Å². The Morgan fingerprint density at radius 1 is 0.432 bits per heavy atom. The number of aliphatic carboxylic acids is 1. The van der Waals surface area contributed by atoms with Gasteiger partial charge in [-0.05, 0) is 175 Å². The summed E-state index contributed by atoms with van der Waals surface area (Å²) in [5, 5.41) is 24.7. The van der Waals surface area contributed by atoms with Gasteiger partial charge in [-0.2, -0.15) is 0 Å². The van der Waals surface area contributed by atoms with Crippen molar-refractivity contribution in [3.05, 3.63) is 130 Å². The van der Waals surface area contributed by atoms with Gasteiger partial charge in [-0.25, -0.2) is 24.0 Å². The molecule has 34 heteroatoms. The zero-order valence-corrected chi connectivity index (χ0v) is 80.1. The third-order valence-corrected chi connectivity index (χ3v) is 20.1. The van der Waals surface area contributed by atoms with Crippen molar-refractivity contribution in [3.63, 3.8) is 0 Å². The normalized spacial score (nSPS) is 15.2. The molecular weight excluding hydrogens is 1730 g/mol. The van der Waals surface area contributed by atoms with Crippen LogP contribution in [0.5, 0.6) is 51.7 Å². The molecule has 5 amide bonds. The van der Waals surface area contributed by atoms with Crippen LogP contribution in [0.1, 0.15) is 237 Å². The Labute approximate surface area is 773 Å². The third-order valence-electron chi connectivity index (χ3n) is 20.1. The number of carboxylic acids is 1. The van der Waals surface area contributed by atoms with Gasteiger partial charge in [0.15, 0.2) is 41.0 Å². The minimum Gasteiger partial charge on any atom is -1.00 e. The van der Waals surface area contributed by atoms with Crippen molar-refractivity contribution in [2.24, 2.45) is 5.41 Å². The zero-order chi connectivity index (χ0) is 97.6. The Hall–Kier alpha value is -12.9. The number of rotatable bonds is 18. The zero-order valence-electron chi connectivity index (χ0n) is 79.4. The van der Waals surface area contributed by atoms with Gasteiger partial charge in [0.2, 0.25) is 29.3 Å². The van der Waals surface area contributed by atoms with Crippen LogP contribution in [0.25, 0.3) is 38.1 Å². The predicted molar refractivity (Wildman–Crippen MR) is 484 cm³/mol. The van der Waals surface area contributed by atoms with Gasteiger partial charge in [0.25, 0.3) is 0 Å². The average Bonchev–Trinajstić information content (AvgIpc) is 0.752. The van der Waals surface area contributed by atoms with E-state index in [1.54, 1.807) is 98.7 Å². The molecule has 132 heavy (non-hydrogen) atoms. The molecule has 7 aromatic carbocycles. The first kappa shape index (κ1) is 106.